The van der Waals surface area contributed by atoms with E-state index in [2.05, 4.69) is 5.32 Å². The fourth-order valence-corrected chi connectivity index (χ4v) is 2.70. The molecule has 3 rings (SSSR count). The number of aliphatic carboxylic acids is 1. The van der Waals surface area contributed by atoms with Gasteiger partial charge in [0.15, 0.2) is 0 Å². The summed E-state index contributed by atoms with van der Waals surface area (Å²) in [6, 6.07) is 22.2. The third kappa shape index (κ3) is 4.14. The van der Waals surface area contributed by atoms with Gasteiger partial charge in [-0.25, -0.2) is 4.79 Å². The van der Waals surface area contributed by atoms with E-state index in [4.69, 9.17) is 5.11 Å². The van der Waals surface area contributed by atoms with Crippen molar-refractivity contribution in [3.63, 3.8) is 0 Å². The molecule has 3 aromatic carbocycles. The second-order valence-electron chi connectivity index (χ2n) is 5.69. The van der Waals surface area contributed by atoms with Gasteiger partial charge in [0.25, 0.3) is 0 Å². The van der Waals surface area contributed by atoms with E-state index >= 15 is 0 Å². The molecule has 0 saturated heterocycles. The van der Waals surface area contributed by atoms with Gasteiger partial charge in [0.2, 0.25) is 0 Å². The van der Waals surface area contributed by atoms with E-state index in [0.717, 1.165) is 16.3 Å². The van der Waals surface area contributed by atoms with Gasteiger partial charge in [-0.15, -0.1) is 0 Å². The van der Waals surface area contributed by atoms with Crippen LogP contribution in [0.25, 0.3) is 10.8 Å². The third-order valence-corrected chi connectivity index (χ3v) is 3.86. The number of carbonyl (C=O) groups excluding carboxylic acids is 1. The number of rotatable bonds is 5. The molecule has 0 radical (unpaired) electrons. The van der Waals surface area contributed by atoms with Crippen molar-refractivity contribution in [1.29, 1.82) is 0 Å². The van der Waals surface area contributed by atoms with E-state index in [0.29, 0.717) is 5.69 Å². The van der Waals surface area contributed by atoms with Crippen LogP contribution < -0.4 is 5.32 Å². The highest BCUT2D eigenvalue weighted by Crippen LogP contribution is 2.23. The lowest BCUT2D eigenvalue weighted by Crippen LogP contribution is -2.38. The SMILES string of the molecule is O=C(O)CN(Cc1ccccc1)C(=O)Nc1cccc2ccccc12. The first-order valence-electron chi connectivity index (χ1n) is 7.93. The first-order valence-corrected chi connectivity index (χ1v) is 7.93. The van der Waals surface area contributed by atoms with Crippen molar-refractivity contribution in [3.05, 3.63) is 78.4 Å². The van der Waals surface area contributed by atoms with Crippen LogP contribution in [0.4, 0.5) is 10.5 Å². The predicted molar refractivity (Wildman–Crippen MR) is 97.5 cm³/mol. The number of urea groups is 1. The van der Waals surface area contributed by atoms with Gasteiger partial charge in [-0.05, 0) is 17.0 Å². The topological polar surface area (TPSA) is 69.6 Å². The molecular weight excluding hydrogens is 316 g/mol. The van der Waals surface area contributed by atoms with Crippen LogP contribution in [0.5, 0.6) is 0 Å². The van der Waals surface area contributed by atoms with E-state index < -0.39 is 12.0 Å². The average molecular weight is 334 g/mol. The standard InChI is InChI=1S/C20H18N2O3/c23-19(24)14-22(13-15-7-2-1-3-8-15)20(25)21-18-12-6-10-16-9-4-5-11-17(16)18/h1-12H,13-14H2,(H,21,25)(H,23,24). The third-order valence-electron chi connectivity index (χ3n) is 3.86. The Balaban J connectivity index is 1.83. The van der Waals surface area contributed by atoms with E-state index in [1.807, 2.05) is 72.8 Å². The molecule has 0 spiro atoms. The molecule has 2 N–H and O–H groups in total. The Morgan fingerprint density at radius 1 is 0.880 bits per heavy atom. The predicted octanol–water partition coefficient (Wildman–Crippen LogP) is 3.96. The number of nitrogens with zero attached hydrogens (tertiary/aromatic N) is 1. The van der Waals surface area contributed by atoms with Crippen LogP contribution in [-0.4, -0.2) is 28.6 Å². The van der Waals surface area contributed by atoms with Crippen LogP contribution >= 0.6 is 0 Å². The van der Waals surface area contributed by atoms with Gasteiger partial charge in [0, 0.05) is 11.9 Å². The van der Waals surface area contributed by atoms with Gasteiger partial charge >= 0.3 is 12.0 Å². The van der Waals surface area contributed by atoms with Gasteiger partial charge in [0.1, 0.15) is 6.54 Å². The monoisotopic (exact) mass is 334 g/mol. The van der Waals surface area contributed by atoms with Gasteiger partial charge in [0.05, 0.1) is 5.69 Å². The van der Waals surface area contributed by atoms with Crippen molar-refractivity contribution >= 4 is 28.5 Å². The largest absolute Gasteiger partial charge is 0.480 e. The molecule has 2 amide bonds. The first-order chi connectivity index (χ1) is 12.1. The van der Waals surface area contributed by atoms with Crippen molar-refractivity contribution in [2.75, 3.05) is 11.9 Å². The summed E-state index contributed by atoms with van der Waals surface area (Å²) in [6.45, 7) is -0.144. The molecule has 5 nitrogen and oxygen atoms in total. The zero-order chi connectivity index (χ0) is 17.6. The Morgan fingerprint density at radius 2 is 1.56 bits per heavy atom. The van der Waals surface area contributed by atoms with Crippen LogP contribution in [0.1, 0.15) is 5.56 Å². The molecular formula is C20H18N2O3. The van der Waals surface area contributed by atoms with E-state index in [1.165, 1.54) is 4.90 Å². The number of amides is 2. The van der Waals surface area contributed by atoms with Gasteiger partial charge in [-0.3, -0.25) is 4.79 Å². The number of nitrogens with one attached hydrogen (secondary N) is 1. The summed E-state index contributed by atoms with van der Waals surface area (Å²) in [6.07, 6.45) is 0. The first kappa shape index (κ1) is 16.5. The Hall–Kier alpha value is -3.34. The number of carboxylic acid groups (broad SMARTS) is 1. The molecule has 0 aliphatic rings. The summed E-state index contributed by atoms with van der Waals surface area (Å²) < 4.78 is 0. The number of anilines is 1. The van der Waals surface area contributed by atoms with Crippen LogP contribution in [0.2, 0.25) is 0 Å². The van der Waals surface area contributed by atoms with E-state index in [-0.39, 0.29) is 13.1 Å². The number of fused-ring (bicyclic) bond motifs is 1. The molecule has 5 heteroatoms. The molecule has 25 heavy (non-hydrogen) atoms. The van der Waals surface area contributed by atoms with Crippen molar-refractivity contribution in [1.82, 2.24) is 4.90 Å². The maximum Gasteiger partial charge on any atom is 0.323 e. The zero-order valence-electron chi connectivity index (χ0n) is 13.6. The summed E-state index contributed by atoms with van der Waals surface area (Å²) in [4.78, 5) is 25.1. The molecule has 0 heterocycles. The normalized spacial score (nSPS) is 10.4. The lowest BCUT2D eigenvalue weighted by molar-refractivity contribution is -0.137. The smallest absolute Gasteiger partial charge is 0.323 e. The molecule has 0 fully saturated rings. The number of carboxylic acids is 1. The van der Waals surface area contributed by atoms with Crippen molar-refractivity contribution < 1.29 is 14.7 Å². The number of benzene rings is 3. The molecule has 0 atom stereocenters. The lowest BCUT2D eigenvalue weighted by atomic mass is 10.1. The number of carbonyl (C=O) groups is 2. The molecule has 0 saturated carbocycles. The van der Waals surface area contributed by atoms with E-state index in [1.54, 1.807) is 0 Å². The second-order valence-corrected chi connectivity index (χ2v) is 5.69. The second kappa shape index (κ2) is 7.49. The highest BCUT2D eigenvalue weighted by atomic mass is 16.4. The summed E-state index contributed by atoms with van der Waals surface area (Å²) in [5.41, 5.74) is 1.53. The van der Waals surface area contributed by atoms with Gasteiger partial charge in [-0.1, -0.05) is 66.7 Å². The Morgan fingerprint density at radius 3 is 2.32 bits per heavy atom. The molecule has 126 valence electrons. The minimum atomic E-state index is -1.05. The maximum absolute atomic E-state index is 12.6. The van der Waals surface area contributed by atoms with Gasteiger partial charge < -0.3 is 15.3 Å². The maximum atomic E-state index is 12.6. The summed E-state index contributed by atoms with van der Waals surface area (Å²) in [7, 11) is 0. The Bertz CT molecular complexity index is 888. The molecule has 3 aromatic rings. The summed E-state index contributed by atoms with van der Waals surface area (Å²) in [5.74, 6) is -1.05. The number of hydrogen-bond acceptors (Lipinski definition) is 2. The fourth-order valence-electron chi connectivity index (χ4n) is 2.70. The lowest BCUT2D eigenvalue weighted by Gasteiger charge is -2.22. The molecule has 0 bridgehead atoms. The van der Waals surface area contributed by atoms with Crippen LogP contribution in [0, 0.1) is 0 Å². The quantitative estimate of drug-likeness (QED) is 0.742. The van der Waals surface area contributed by atoms with Crippen LogP contribution in [-0.2, 0) is 11.3 Å². The molecule has 0 unspecified atom stereocenters. The van der Waals surface area contributed by atoms with Crippen molar-refractivity contribution in [3.8, 4) is 0 Å². The fraction of sp³-hybridized carbons (Fsp3) is 0.100. The Labute approximate surface area is 145 Å². The molecule has 0 aliphatic carbocycles. The van der Waals surface area contributed by atoms with E-state index in [9.17, 15) is 9.59 Å². The number of hydrogen-bond donors (Lipinski definition) is 2. The minimum Gasteiger partial charge on any atom is -0.480 e. The Kier molecular flexibility index (Phi) is 4.95. The zero-order valence-corrected chi connectivity index (χ0v) is 13.6. The average Bonchev–Trinajstić information content (AvgIpc) is 2.62. The molecule has 0 aromatic heterocycles. The van der Waals surface area contributed by atoms with Crippen molar-refractivity contribution in [2.24, 2.45) is 0 Å². The molecule has 0 aliphatic heterocycles. The minimum absolute atomic E-state index is 0.226. The van der Waals surface area contributed by atoms with Crippen LogP contribution in [0.3, 0.4) is 0 Å². The summed E-state index contributed by atoms with van der Waals surface area (Å²) >= 11 is 0. The van der Waals surface area contributed by atoms with Crippen LogP contribution in [0.15, 0.2) is 72.8 Å². The van der Waals surface area contributed by atoms with Gasteiger partial charge in [-0.2, -0.15) is 0 Å². The summed E-state index contributed by atoms with van der Waals surface area (Å²) in [5, 5.41) is 13.9. The highest BCUT2D eigenvalue weighted by Gasteiger charge is 2.18. The van der Waals surface area contributed by atoms with Crippen molar-refractivity contribution in [2.45, 2.75) is 6.54 Å². The highest BCUT2D eigenvalue weighted by molar-refractivity contribution is 6.02.